The molecule has 0 bridgehead atoms. The smallest absolute Gasteiger partial charge is 0.180 e. The summed E-state index contributed by atoms with van der Waals surface area (Å²) in [6.45, 7) is 3.32. The van der Waals surface area contributed by atoms with Crippen LogP contribution in [-0.2, 0) is 12.8 Å². The predicted octanol–water partition coefficient (Wildman–Crippen LogP) is 2.43. The zero-order valence-electron chi connectivity index (χ0n) is 9.36. The van der Waals surface area contributed by atoms with Crippen LogP contribution in [0.3, 0.4) is 0 Å². The van der Waals surface area contributed by atoms with Gasteiger partial charge in [0.05, 0.1) is 5.69 Å². The van der Waals surface area contributed by atoms with Crippen LogP contribution in [0, 0.1) is 0 Å². The monoisotopic (exact) mass is 283 g/mol. The Kier molecular flexibility index (Phi) is 7.31. The quantitative estimate of drug-likeness (QED) is 0.896. The molecule has 0 unspecified atom stereocenters. The van der Waals surface area contributed by atoms with Gasteiger partial charge in [0.1, 0.15) is 0 Å². The number of hydrogen-bond acceptors (Lipinski definition) is 4. The Hall–Kier alpha value is -0.0300. The molecule has 0 radical (unpaired) electrons. The summed E-state index contributed by atoms with van der Waals surface area (Å²) in [5.74, 6) is 0. The molecular weight excluding hydrogens is 265 g/mol. The number of anilines is 1. The number of nitrogen functional groups attached to an aromatic ring is 1. The molecular formula is C10H19Cl2N3S. The number of hydrogen-bond donors (Lipinski definition) is 2. The van der Waals surface area contributed by atoms with Crippen molar-refractivity contribution in [1.29, 1.82) is 0 Å². The molecule has 1 atom stereocenters. The minimum atomic E-state index is 0. The summed E-state index contributed by atoms with van der Waals surface area (Å²) in [6, 6.07) is 0.641. The molecule has 1 aliphatic rings. The number of nitrogens with two attached hydrogens (primary N) is 1. The molecule has 3 nitrogen and oxygen atoms in total. The Morgan fingerprint density at radius 3 is 2.94 bits per heavy atom. The Bertz CT molecular complexity index is 317. The van der Waals surface area contributed by atoms with E-state index in [-0.39, 0.29) is 24.8 Å². The summed E-state index contributed by atoms with van der Waals surface area (Å²) in [5, 5.41) is 4.29. The van der Waals surface area contributed by atoms with E-state index in [0.29, 0.717) is 6.04 Å². The van der Waals surface area contributed by atoms with Crippen molar-refractivity contribution in [2.24, 2.45) is 0 Å². The van der Waals surface area contributed by atoms with Gasteiger partial charge in [0.2, 0.25) is 0 Å². The molecule has 1 aliphatic carbocycles. The lowest BCUT2D eigenvalue weighted by Gasteiger charge is -2.21. The van der Waals surface area contributed by atoms with Crippen LogP contribution in [0.4, 0.5) is 5.13 Å². The van der Waals surface area contributed by atoms with Gasteiger partial charge in [0, 0.05) is 10.9 Å². The zero-order chi connectivity index (χ0) is 9.97. The molecule has 94 valence electrons. The van der Waals surface area contributed by atoms with Crippen LogP contribution in [0.2, 0.25) is 0 Å². The van der Waals surface area contributed by atoms with Gasteiger partial charge in [-0.2, -0.15) is 0 Å². The van der Waals surface area contributed by atoms with Crippen molar-refractivity contribution in [3.8, 4) is 0 Å². The van der Waals surface area contributed by atoms with Crippen molar-refractivity contribution >= 4 is 41.3 Å². The SMILES string of the molecule is CCCN[C@@H]1CCc2nc(N)sc2C1.Cl.Cl. The molecule has 3 N–H and O–H groups in total. The van der Waals surface area contributed by atoms with Crippen LogP contribution in [0.1, 0.15) is 30.3 Å². The molecule has 0 spiro atoms. The predicted molar refractivity (Wildman–Crippen MR) is 75.1 cm³/mol. The second kappa shape index (κ2) is 7.33. The van der Waals surface area contributed by atoms with Crippen molar-refractivity contribution in [3.63, 3.8) is 0 Å². The van der Waals surface area contributed by atoms with Crippen LogP contribution >= 0.6 is 36.2 Å². The average Bonchev–Trinajstić information content (AvgIpc) is 2.54. The van der Waals surface area contributed by atoms with Gasteiger partial charge in [-0.15, -0.1) is 36.2 Å². The highest BCUT2D eigenvalue weighted by molar-refractivity contribution is 7.15. The lowest BCUT2D eigenvalue weighted by Crippen LogP contribution is -2.34. The molecule has 16 heavy (non-hydrogen) atoms. The van der Waals surface area contributed by atoms with E-state index in [9.17, 15) is 0 Å². The number of fused-ring (bicyclic) bond motifs is 1. The van der Waals surface area contributed by atoms with E-state index in [4.69, 9.17) is 5.73 Å². The third-order valence-electron chi connectivity index (χ3n) is 2.64. The van der Waals surface area contributed by atoms with E-state index in [0.717, 1.165) is 24.5 Å². The van der Waals surface area contributed by atoms with Crippen LogP contribution in [0.15, 0.2) is 0 Å². The first-order valence-electron chi connectivity index (χ1n) is 5.27. The molecule has 0 saturated heterocycles. The molecule has 2 rings (SSSR count). The standard InChI is InChI=1S/C10H17N3S.2ClH/c1-2-5-12-7-3-4-8-9(6-7)14-10(11)13-8;;/h7,12H,2-6H2,1H3,(H2,11,13);2*1H/t7-;;/m1../s1. The van der Waals surface area contributed by atoms with E-state index >= 15 is 0 Å². The van der Waals surface area contributed by atoms with Gasteiger partial charge in [-0.05, 0) is 32.2 Å². The van der Waals surface area contributed by atoms with Crippen molar-refractivity contribution in [3.05, 3.63) is 10.6 Å². The Labute approximate surface area is 113 Å². The lowest BCUT2D eigenvalue weighted by molar-refractivity contribution is 0.460. The van der Waals surface area contributed by atoms with Gasteiger partial charge in [-0.25, -0.2) is 4.98 Å². The Balaban J connectivity index is 0.00000112. The number of nitrogens with one attached hydrogen (secondary N) is 1. The van der Waals surface area contributed by atoms with Gasteiger partial charge < -0.3 is 11.1 Å². The summed E-state index contributed by atoms with van der Waals surface area (Å²) in [6.07, 6.45) is 4.61. The lowest BCUT2D eigenvalue weighted by atomic mass is 9.98. The fourth-order valence-electron chi connectivity index (χ4n) is 1.92. The minimum Gasteiger partial charge on any atom is -0.375 e. The average molecular weight is 284 g/mol. The number of aryl methyl sites for hydroxylation is 1. The largest absolute Gasteiger partial charge is 0.375 e. The number of halogens is 2. The molecule has 0 fully saturated rings. The van der Waals surface area contributed by atoms with Crippen molar-refractivity contribution < 1.29 is 0 Å². The molecule has 1 heterocycles. The van der Waals surface area contributed by atoms with Gasteiger partial charge >= 0.3 is 0 Å². The summed E-state index contributed by atoms with van der Waals surface area (Å²) >= 11 is 1.65. The van der Waals surface area contributed by atoms with Crippen LogP contribution < -0.4 is 11.1 Å². The number of nitrogens with zero attached hydrogens (tertiary/aromatic N) is 1. The third kappa shape index (κ3) is 3.77. The number of rotatable bonds is 3. The second-order valence-electron chi connectivity index (χ2n) is 3.82. The van der Waals surface area contributed by atoms with Gasteiger partial charge in [0.25, 0.3) is 0 Å². The van der Waals surface area contributed by atoms with E-state index in [1.807, 2.05) is 0 Å². The zero-order valence-corrected chi connectivity index (χ0v) is 11.8. The summed E-state index contributed by atoms with van der Waals surface area (Å²) in [4.78, 5) is 5.73. The van der Waals surface area contributed by atoms with Crippen LogP contribution in [-0.4, -0.2) is 17.6 Å². The van der Waals surface area contributed by atoms with Crippen molar-refractivity contribution in [2.45, 2.75) is 38.6 Å². The molecule has 1 aromatic rings. The molecule has 0 amide bonds. The maximum Gasteiger partial charge on any atom is 0.180 e. The molecule has 1 aromatic heterocycles. The van der Waals surface area contributed by atoms with Crippen LogP contribution in [0.5, 0.6) is 0 Å². The van der Waals surface area contributed by atoms with Gasteiger partial charge in [-0.1, -0.05) is 6.92 Å². The maximum absolute atomic E-state index is 5.69. The fourth-order valence-corrected chi connectivity index (χ4v) is 2.88. The summed E-state index contributed by atoms with van der Waals surface area (Å²) in [7, 11) is 0. The molecule has 0 aromatic carbocycles. The minimum absolute atomic E-state index is 0. The molecule has 0 aliphatic heterocycles. The topological polar surface area (TPSA) is 50.9 Å². The first-order valence-corrected chi connectivity index (χ1v) is 6.08. The van der Waals surface area contributed by atoms with Crippen molar-refractivity contribution in [2.75, 3.05) is 12.3 Å². The third-order valence-corrected chi connectivity index (χ3v) is 3.59. The number of aromatic nitrogens is 1. The highest BCUT2D eigenvalue weighted by Gasteiger charge is 2.21. The Morgan fingerprint density at radius 2 is 2.25 bits per heavy atom. The van der Waals surface area contributed by atoms with Gasteiger partial charge in [-0.3, -0.25) is 0 Å². The van der Waals surface area contributed by atoms with Crippen LogP contribution in [0.25, 0.3) is 0 Å². The highest BCUT2D eigenvalue weighted by atomic mass is 35.5. The maximum atomic E-state index is 5.69. The van der Waals surface area contributed by atoms with Crippen molar-refractivity contribution in [1.82, 2.24) is 10.3 Å². The first-order chi connectivity index (χ1) is 6.79. The first kappa shape index (κ1) is 16.0. The summed E-state index contributed by atoms with van der Waals surface area (Å²) < 4.78 is 0. The second-order valence-corrected chi connectivity index (χ2v) is 4.93. The van der Waals surface area contributed by atoms with Gasteiger partial charge in [0.15, 0.2) is 5.13 Å². The fraction of sp³-hybridized carbons (Fsp3) is 0.700. The molecule has 0 saturated carbocycles. The normalized spacial score (nSPS) is 18.2. The van der Waals surface area contributed by atoms with E-state index < -0.39 is 0 Å². The highest BCUT2D eigenvalue weighted by Crippen LogP contribution is 2.27. The van der Waals surface area contributed by atoms with E-state index in [2.05, 4.69) is 17.2 Å². The van der Waals surface area contributed by atoms with E-state index in [1.54, 1.807) is 11.3 Å². The molecule has 6 heteroatoms. The van der Waals surface area contributed by atoms with E-state index in [1.165, 1.54) is 23.4 Å². The summed E-state index contributed by atoms with van der Waals surface area (Å²) in [5.41, 5.74) is 6.93. The number of thiazole rings is 1. The Morgan fingerprint density at radius 1 is 1.50 bits per heavy atom.